The average molecular weight is 288 g/mol. The molecular weight excluding hydrogens is 270 g/mol. The number of carbonyl (C=O) groups excluding carboxylic acids is 1. The molecule has 0 radical (unpaired) electrons. The lowest BCUT2D eigenvalue weighted by atomic mass is 10.2. The largest absolute Gasteiger partial charge is 0.493 e. The molecule has 6 heteroatoms. The van der Waals surface area contributed by atoms with Crippen LogP contribution in [0, 0.1) is 0 Å². The highest BCUT2D eigenvalue weighted by Gasteiger charge is 2.13. The number of methoxy groups -OCH3 is 1. The first-order valence-corrected chi connectivity index (χ1v) is 6.36. The van der Waals surface area contributed by atoms with E-state index in [9.17, 15) is 9.90 Å². The van der Waals surface area contributed by atoms with E-state index in [1.807, 2.05) is 6.92 Å². The van der Waals surface area contributed by atoms with E-state index in [1.165, 1.54) is 7.11 Å². The first-order valence-electron chi connectivity index (χ1n) is 5.99. The van der Waals surface area contributed by atoms with Gasteiger partial charge >= 0.3 is 0 Å². The van der Waals surface area contributed by atoms with Crippen molar-refractivity contribution in [1.82, 2.24) is 5.32 Å². The van der Waals surface area contributed by atoms with Gasteiger partial charge in [-0.05, 0) is 12.5 Å². The standard InChI is InChI=1S/C13H18ClNO4/c1-3-4-15-12(17)8-19-13-9(7-16)5-10(14)6-11(13)18-2/h5-6,16H,3-4,7-8H2,1-2H3,(H,15,17). The molecule has 5 nitrogen and oxygen atoms in total. The molecular formula is C13H18ClNO4. The van der Waals surface area contributed by atoms with Crippen LogP contribution in [0.25, 0.3) is 0 Å². The van der Waals surface area contributed by atoms with Crippen LogP contribution in [0.4, 0.5) is 0 Å². The Hall–Kier alpha value is -1.46. The van der Waals surface area contributed by atoms with Crippen molar-refractivity contribution in [2.24, 2.45) is 0 Å². The SMILES string of the molecule is CCCNC(=O)COc1c(CO)cc(Cl)cc1OC. The number of halogens is 1. The number of benzene rings is 1. The van der Waals surface area contributed by atoms with E-state index >= 15 is 0 Å². The highest BCUT2D eigenvalue weighted by Crippen LogP contribution is 2.34. The second-order valence-electron chi connectivity index (χ2n) is 3.89. The van der Waals surface area contributed by atoms with Crippen molar-refractivity contribution >= 4 is 17.5 Å². The Kier molecular flexibility index (Phi) is 6.45. The summed E-state index contributed by atoms with van der Waals surface area (Å²) in [7, 11) is 1.47. The van der Waals surface area contributed by atoms with E-state index in [1.54, 1.807) is 12.1 Å². The molecule has 0 spiro atoms. The molecule has 1 amide bonds. The van der Waals surface area contributed by atoms with E-state index in [0.29, 0.717) is 28.6 Å². The molecule has 0 aliphatic carbocycles. The zero-order valence-electron chi connectivity index (χ0n) is 11.0. The molecule has 0 fully saturated rings. The summed E-state index contributed by atoms with van der Waals surface area (Å²) in [5, 5.41) is 12.4. The van der Waals surface area contributed by atoms with Crippen LogP contribution >= 0.6 is 11.6 Å². The van der Waals surface area contributed by atoms with Crippen molar-refractivity contribution in [3.8, 4) is 11.5 Å². The fourth-order valence-corrected chi connectivity index (χ4v) is 1.74. The van der Waals surface area contributed by atoms with Crippen LogP contribution in [0.15, 0.2) is 12.1 Å². The van der Waals surface area contributed by atoms with E-state index in [0.717, 1.165) is 6.42 Å². The van der Waals surface area contributed by atoms with Gasteiger partial charge in [0.25, 0.3) is 5.91 Å². The van der Waals surface area contributed by atoms with E-state index in [4.69, 9.17) is 21.1 Å². The lowest BCUT2D eigenvalue weighted by Crippen LogP contribution is -2.29. The van der Waals surface area contributed by atoms with E-state index in [-0.39, 0.29) is 19.1 Å². The van der Waals surface area contributed by atoms with Crippen molar-refractivity contribution in [2.45, 2.75) is 20.0 Å². The van der Waals surface area contributed by atoms with E-state index in [2.05, 4.69) is 5.32 Å². The number of ether oxygens (including phenoxy) is 2. The third-order valence-corrected chi connectivity index (χ3v) is 2.62. The van der Waals surface area contributed by atoms with Crippen molar-refractivity contribution in [3.63, 3.8) is 0 Å². The fraction of sp³-hybridized carbons (Fsp3) is 0.462. The van der Waals surface area contributed by atoms with Gasteiger partial charge < -0.3 is 19.9 Å². The Balaban J connectivity index is 2.78. The molecule has 0 bridgehead atoms. The van der Waals surface area contributed by atoms with Gasteiger partial charge in [0, 0.05) is 23.2 Å². The number of aliphatic hydroxyl groups excluding tert-OH is 1. The molecule has 2 N–H and O–H groups in total. The number of aliphatic hydroxyl groups is 1. The smallest absolute Gasteiger partial charge is 0.257 e. The number of hydrogen-bond acceptors (Lipinski definition) is 4. The van der Waals surface area contributed by atoms with Gasteiger partial charge in [0.05, 0.1) is 13.7 Å². The van der Waals surface area contributed by atoms with Crippen molar-refractivity contribution in [1.29, 1.82) is 0 Å². The first-order chi connectivity index (χ1) is 9.12. The number of rotatable bonds is 7. The molecule has 0 heterocycles. The van der Waals surface area contributed by atoms with Gasteiger partial charge in [-0.25, -0.2) is 0 Å². The Bertz CT molecular complexity index is 412. The van der Waals surface area contributed by atoms with Crippen LogP contribution in [0.3, 0.4) is 0 Å². The minimum Gasteiger partial charge on any atom is -0.493 e. The third kappa shape index (κ3) is 4.61. The molecule has 0 aliphatic heterocycles. The number of amides is 1. The molecule has 0 unspecified atom stereocenters. The summed E-state index contributed by atoms with van der Waals surface area (Å²) in [4.78, 5) is 11.5. The molecule has 0 aromatic heterocycles. The molecule has 106 valence electrons. The highest BCUT2D eigenvalue weighted by atomic mass is 35.5. The monoisotopic (exact) mass is 287 g/mol. The van der Waals surface area contributed by atoms with Crippen LogP contribution in [0.5, 0.6) is 11.5 Å². The number of carbonyl (C=O) groups is 1. The van der Waals surface area contributed by atoms with Gasteiger partial charge in [-0.2, -0.15) is 0 Å². The fourth-order valence-electron chi connectivity index (χ4n) is 1.51. The molecule has 0 saturated carbocycles. The minimum absolute atomic E-state index is 0.134. The van der Waals surface area contributed by atoms with Crippen LogP contribution in [0.1, 0.15) is 18.9 Å². The quantitative estimate of drug-likeness (QED) is 0.802. The van der Waals surface area contributed by atoms with Gasteiger partial charge in [0.15, 0.2) is 18.1 Å². The zero-order chi connectivity index (χ0) is 14.3. The summed E-state index contributed by atoms with van der Waals surface area (Å²) in [5.41, 5.74) is 0.479. The molecule has 0 atom stereocenters. The minimum atomic E-state index is -0.247. The molecule has 0 aliphatic rings. The van der Waals surface area contributed by atoms with Crippen molar-refractivity contribution in [2.75, 3.05) is 20.3 Å². The second-order valence-corrected chi connectivity index (χ2v) is 4.33. The molecule has 1 rings (SSSR count). The first kappa shape index (κ1) is 15.6. The van der Waals surface area contributed by atoms with Gasteiger partial charge in [-0.1, -0.05) is 18.5 Å². The molecule has 1 aromatic carbocycles. The summed E-state index contributed by atoms with van der Waals surface area (Å²) in [6.07, 6.45) is 0.859. The normalized spacial score (nSPS) is 10.1. The van der Waals surface area contributed by atoms with Crippen molar-refractivity contribution < 1.29 is 19.4 Å². The van der Waals surface area contributed by atoms with Crippen LogP contribution in [0.2, 0.25) is 5.02 Å². The predicted octanol–water partition coefficient (Wildman–Crippen LogP) is 1.75. The molecule has 19 heavy (non-hydrogen) atoms. The van der Waals surface area contributed by atoms with Gasteiger partial charge in [0.1, 0.15) is 0 Å². The number of nitrogens with one attached hydrogen (secondary N) is 1. The second kappa shape index (κ2) is 7.86. The Morgan fingerprint density at radius 2 is 2.21 bits per heavy atom. The lowest BCUT2D eigenvalue weighted by molar-refractivity contribution is -0.123. The predicted molar refractivity (Wildman–Crippen MR) is 72.7 cm³/mol. The summed E-state index contributed by atoms with van der Waals surface area (Å²) in [6, 6.07) is 3.14. The molecule has 1 aromatic rings. The van der Waals surface area contributed by atoms with Crippen molar-refractivity contribution in [3.05, 3.63) is 22.7 Å². The Labute approximate surface area is 117 Å². The van der Waals surface area contributed by atoms with Gasteiger partial charge in [0.2, 0.25) is 0 Å². The van der Waals surface area contributed by atoms with Gasteiger partial charge in [-0.15, -0.1) is 0 Å². The van der Waals surface area contributed by atoms with Crippen LogP contribution in [-0.2, 0) is 11.4 Å². The topological polar surface area (TPSA) is 67.8 Å². The summed E-state index contributed by atoms with van der Waals surface area (Å²) >= 11 is 5.88. The number of hydrogen-bond donors (Lipinski definition) is 2. The van der Waals surface area contributed by atoms with Crippen LogP contribution in [-0.4, -0.2) is 31.3 Å². The average Bonchev–Trinajstić information content (AvgIpc) is 2.42. The Morgan fingerprint density at radius 1 is 1.47 bits per heavy atom. The third-order valence-electron chi connectivity index (χ3n) is 2.41. The Morgan fingerprint density at radius 3 is 2.79 bits per heavy atom. The maximum Gasteiger partial charge on any atom is 0.257 e. The summed E-state index contributed by atoms with van der Waals surface area (Å²) in [6.45, 7) is 2.19. The summed E-state index contributed by atoms with van der Waals surface area (Å²) < 4.78 is 10.5. The van der Waals surface area contributed by atoms with Gasteiger partial charge in [-0.3, -0.25) is 4.79 Å². The maximum absolute atomic E-state index is 11.5. The highest BCUT2D eigenvalue weighted by molar-refractivity contribution is 6.30. The summed E-state index contributed by atoms with van der Waals surface area (Å²) in [5.74, 6) is 0.503. The van der Waals surface area contributed by atoms with Crippen LogP contribution < -0.4 is 14.8 Å². The molecule has 0 saturated heterocycles. The van der Waals surface area contributed by atoms with E-state index < -0.39 is 0 Å². The lowest BCUT2D eigenvalue weighted by Gasteiger charge is -2.14. The zero-order valence-corrected chi connectivity index (χ0v) is 11.8. The maximum atomic E-state index is 11.5.